The van der Waals surface area contributed by atoms with E-state index >= 15 is 0 Å². The van der Waals surface area contributed by atoms with Gasteiger partial charge in [0.15, 0.2) is 0 Å². The number of carbonyl (C=O) groups excluding carboxylic acids is 2. The SMILES string of the molecule is CN(C)CCOc1ccc(CC(CC(O)C(Cc2ccccc2)NC(=O)OC(C)(C)C)C(=O)N[C@H]2c3ccccc3C[C@@H]2O)cc1. The molecule has 0 saturated heterocycles. The van der Waals surface area contributed by atoms with Crippen molar-refractivity contribution in [3.05, 3.63) is 101 Å². The summed E-state index contributed by atoms with van der Waals surface area (Å²) < 4.78 is 11.3. The Morgan fingerprint density at radius 2 is 1.59 bits per heavy atom. The van der Waals surface area contributed by atoms with Crippen molar-refractivity contribution in [1.29, 1.82) is 0 Å². The van der Waals surface area contributed by atoms with Crippen LogP contribution in [0.4, 0.5) is 4.79 Å². The van der Waals surface area contributed by atoms with Crippen LogP contribution in [-0.4, -0.2) is 78.2 Å². The van der Waals surface area contributed by atoms with E-state index in [1.54, 1.807) is 20.8 Å². The molecule has 1 aliphatic carbocycles. The number of nitrogens with one attached hydrogen (secondary N) is 2. The van der Waals surface area contributed by atoms with Crippen molar-refractivity contribution < 1.29 is 29.3 Å². The van der Waals surface area contributed by atoms with E-state index in [0.29, 0.717) is 25.9 Å². The zero-order chi connectivity index (χ0) is 33.3. The van der Waals surface area contributed by atoms with E-state index in [-0.39, 0.29) is 12.3 Å². The molecule has 3 unspecified atom stereocenters. The lowest BCUT2D eigenvalue weighted by Gasteiger charge is -2.29. The number of benzene rings is 3. The normalized spacial score (nSPS) is 17.9. The van der Waals surface area contributed by atoms with Gasteiger partial charge < -0.3 is 35.2 Å². The van der Waals surface area contributed by atoms with Crippen LogP contribution in [0.1, 0.15) is 55.5 Å². The Balaban J connectivity index is 1.55. The van der Waals surface area contributed by atoms with Gasteiger partial charge in [0.2, 0.25) is 5.91 Å². The molecule has 3 aromatic rings. The summed E-state index contributed by atoms with van der Waals surface area (Å²) in [4.78, 5) is 28.9. The molecule has 0 heterocycles. The number of aliphatic hydroxyl groups excluding tert-OH is 2. The van der Waals surface area contributed by atoms with Gasteiger partial charge in [0, 0.05) is 18.9 Å². The molecule has 0 bridgehead atoms. The first-order valence-corrected chi connectivity index (χ1v) is 16.0. The largest absolute Gasteiger partial charge is 0.492 e. The summed E-state index contributed by atoms with van der Waals surface area (Å²) >= 11 is 0. The smallest absolute Gasteiger partial charge is 0.407 e. The number of rotatable bonds is 14. The topological polar surface area (TPSA) is 120 Å². The van der Waals surface area contributed by atoms with E-state index in [9.17, 15) is 19.8 Å². The number of alkyl carbamates (subject to hydrolysis) is 1. The molecule has 0 spiro atoms. The minimum absolute atomic E-state index is 0.0741. The van der Waals surface area contributed by atoms with E-state index in [4.69, 9.17) is 9.47 Å². The number of carbonyl (C=O) groups is 2. The average molecular weight is 632 g/mol. The molecule has 46 heavy (non-hydrogen) atoms. The maximum absolute atomic E-state index is 14.0. The third-order valence-electron chi connectivity index (χ3n) is 8.08. The van der Waals surface area contributed by atoms with Crippen molar-refractivity contribution >= 4 is 12.0 Å². The van der Waals surface area contributed by atoms with Crippen LogP contribution >= 0.6 is 0 Å². The van der Waals surface area contributed by atoms with Crippen molar-refractivity contribution in [3.8, 4) is 5.75 Å². The number of fused-ring (bicyclic) bond motifs is 1. The molecule has 3 aromatic carbocycles. The van der Waals surface area contributed by atoms with Gasteiger partial charge in [-0.05, 0) is 88.5 Å². The summed E-state index contributed by atoms with van der Waals surface area (Å²) in [6, 6.07) is 23.7. The lowest BCUT2D eigenvalue weighted by atomic mass is 9.88. The van der Waals surface area contributed by atoms with Crippen molar-refractivity contribution in [3.63, 3.8) is 0 Å². The summed E-state index contributed by atoms with van der Waals surface area (Å²) in [6.45, 7) is 6.69. The number of ether oxygens (including phenoxy) is 2. The predicted octanol–water partition coefficient (Wildman–Crippen LogP) is 4.45. The fourth-order valence-corrected chi connectivity index (χ4v) is 5.72. The second-order valence-corrected chi connectivity index (χ2v) is 13.4. The highest BCUT2D eigenvalue weighted by atomic mass is 16.6. The first kappa shape index (κ1) is 34.9. The Bertz CT molecular complexity index is 1410. The van der Waals surface area contributed by atoms with Crippen molar-refractivity contribution in [1.82, 2.24) is 15.5 Å². The Morgan fingerprint density at radius 1 is 0.935 bits per heavy atom. The van der Waals surface area contributed by atoms with Gasteiger partial charge in [0.05, 0.1) is 24.3 Å². The minimum atomic E-state index is -1.07. The van der Waals surface area contributed by atoms with Crippen LogP contribution in [0.15, 0.2) is 78.9 Å². The highest BCUT2D eigenvalue weighted by Gasteiger charge is 2.35. The van der Waals surface area contributed by atoms with E-state index in [0.717, 1.165) is 34.5 Å². The summed E-state index contributed by atoms with van der Waals surface area (Å²) in [5.74, 6) is -0.196. The van der Waals surface area contributed by atoms with Gasteiger partial charge in [-0.2, -0.15) is 0 Å². The number of hydrogen-bond donors (Lipinski definition) is 4. The summed E-state index contributed by atoms with van der Waals surface area (Å²) in [6.07, 6.45) is -1.22. The lowest BCUT2D eigenvalue weighted by Crippen LogP contribution is -2.48. The van der Waals surface area contributed by atoms with Crippen LogP contribution in [-0.2, 0) is 28.8 Å². The Hall–Kier alpha value is -3.92. The molecule has 9 nitrogen and oxygen atoms in total. The molecule has 248 valence electrons. The van der Waals surface area contributed by atoms with Gasteiger partial charge in [-0.15, -0.1) is 0 Å². The highest BCUT2D eigenvalue weighted by molar-refractivity contribution is 5.80. The Kier molecular flexibility index (Phi) is 12.2. The highest BCUT2D eigenvalue weighted by Crippen LogP contribution is 2.32. The van der Waals surface area contributed by atoms with E-state index in [1.807, 2.05) is 97.9 Å². The number of amides is 2. The molecule has 0 radical (unpaired) electrons. The number of aliphatic hydroxyl groups is 2. The van der Waals surface area contributed by atoms with Crippen molar-refractivity contribution in [2.45, 2.75) is 76.3 Å². The van der Waals surface area contributed by atoms with Gasteiger partial charge in [-0.3, -0.25) is 4.79 Å². The number of nitrogens with zero attached hydrogens (tertiary/aromatic N) is 1. The van der Waals surface area contributed by atoms with Crippen LogP contribution in [0, 0.1) is 5.92 Å². The molecule has 5 atom stereocenters. The molecule has 2 amide bonds. The molecule has 0 aliphatic heterocycles. The summed E-state index contributed by atoms with van der Waals surface area (Å²) in [5, 5.41) is 28.4. The molecule has 0 saturated carbocycles. The minimum Gasteiger partial charge on any atom is -0.492 e. The van der Waals surface area contributed by atoms with E-state index < -0.39 is 41.9 Å². The van der Waals surface area contributed by atoms with E-state index in [1.165, 1.54) is 0 Å². The fourth-order valence-electron chi connectivity index (χ4n) is 5.72. The van der Waals surface area contributed by atoms with Gasteiger partial charge >= 0.3 is 6.09 Å². The average Bonchev–Trinajstić information content (AvgIpc) is 3.31. The molecule has 0 fully saturated rings. The van der Waals surface area contributed by atoms with Crippen LogP contribution in [0.5, 0.6) is 5.75 Å². The van der Waals surface area contributed by atoms with Gasteiger partial charge in [0.1, 0.15) is 18.0 Å². The van der Waals surface area contributed by atoms with Crippen molar-refractivity contribution in [2.75, 3.05) is 27.2 Å². The third kappa shape index (κ3) is 10.6. The second kappa shape index (κ2) is 16.1. The monoisotopic (exact) mass is 631 g/mol. The fraction of sp³-hybridized carbons (Fsp3) is 0.459. The first-order valence-electron chi connectivity index (χ1n) is 16.0. The molecular formula is C37H49N3O6. The third-order valence-corrected chi connectivity index (χ3v) is 8.08. The molecule has 1 aliphatic rings. The van der Waals surface area contributed by atoms with Crippen molar-refractivity contribution in [2.24, 2.45) is 5.92 Å². The first-order chi connectivity index (χ1) is 21.9. The summed E-state index contributed by atoms with van der Waals surface area (Å²) in [5.41, 5.74) is 3.02. The zero-order valence-corrected chi connectivity index (χ0v) is 27.6. The molecule has 9 heteroatoms. The maximum atomic E-state index is 14.0. The quantitative estimate of drug-likeness (QED) is 0.208. The molecule has 4 rings (SSSR count). The molecule has 4 N–H and O–H groups in total. The Morgan fingerprint density at radius 3 is 2.26 bits per heavy atom. The predicted molar refractivity (Wildman–Crippen MR) is 179 cm³/mol. The van der Waals surface area contributed by atoms with Gasteiger partial charge in [0.25, 0.3) is 0 Å². The standard InChI is InChI=1S/C37H49N3O6/c1-37(2,3)46-36(44)38-31(22-25-11-7-6-8-12-25)32(41)24-28(21-26-15-17-29(18-16-26)45-20-19-40(4)5)35(43)39-34-30-14-10-9-13-27(30)23-33(34)42/h6-18,28,31-34,41-42H,19-24H2,1-5H3,(H,38,44)(H,39,43)/t28?,31?,32?,33-,34-/m0/s1. The second-order valence-electron chi connectivity index (χ2n) is 13.4. The van der Waals surface area contributed by atoms with E-state index in [2.05, 4.69) is 10.6 Å². The summed E-state index contributed by atoms with van der Waals surface area (Å²) in [7, 11) is 3.98. The van der Waals surface area contributed by atoms with Crippen LogP contribution in [0.3, 0.4) is 0 Å². The number of hydrogen-bond acceptors (Lipinski definition) is 7. The van der Waals surface area contributed by atoms with Crippen LogP contribution in [0.25, 0.3) is 0 Å². The van der Waals surface area contributed by atoms with Crippen LogP contribution < -0.4 is 15.4 Å². The Labute approximate surface area is 272 Å². The van der Waals surface area contributed by atoms with Gasteiger partial charge in [-0.25, -0.2) is 4.79 Å². The van der Waals surface area contributed by atoms with Crippen LogP contribution in [0.2, 0.25) is 0 Å². The lowest BCUT2D eigenvalue weighted by molar-refractivity contribution is -0.127. The number of likely N-dealkylation sites (N-methyl/N-ethyl adjacent to an activating group) is 1. The van der Waals surface area contributed by atoms with Gasteiger partial charge in [-0.1, -0.05) is 66.7 Å². The molecular weight excluding hydrogens is 582 g/mol. The maximum Gasteiger partial charge on any atom is 0.407 e. The zero-order valence-electron chi connectivity index (χ0n) is 27.6. The molecule has 0 aromatic heterocycles.